The summed E-state index contributed by atoms with van der Waals surface area (Å²) in [5.74, 6) is 1.12. The molecule has 2 aromatic carbocycles. The fourth-order valence-corrected chi connectivity index (χ4v) is 4.79. The number of carbonyl (C=O) groups excluding carboxylic acids is 2. The lowest BCUT2D eigenvalue weighted by atomic mass is 10.1. The Morgan fingerprint density at radius 3 is 2.28 bits per heavy atom. The molecule has 5 N–H and O–H groups in total. The maximum absolute atomic E-state index is 13.1. The molecule has 1 aliphatic carbocycles. The first-order chi connectivity index (χ1) is 20.8. The van der Waals surface area contributed by atoms with Crippen molar-refractivity contribution in [2.45, 2.75) is 63.8 Å². The van der Waals surface area contributed by atoms with Crippen LogP contribution < -0.4 is 30.7 Å². The number of rotatable bonds is 16. The fourth-order valence-electron chi connectivity index (χ4n) is 4.57. The minimum atomic E-state index is -0.981. The van der Waals surface area contributed by atoms with E-state index in [9.17, 15) is 14.4 Å². The van der Waals surface area contributed by atoms with Gasteiger partial charge < -0.3 is 35.8 Å². The Labute approximate surface area is 255 Å². The van der Waals surface area contributed by atoms with Gasteiger partial charge in [-0.1, -0.05) is 43.7 Å². The lowest BCUT2D eigenvalue weighted by molar-refractivity contribution is 0.0950. The molecular formula is C31H38ClN5O6. The van der Waals surface area contributed by atoms with Gasteiger partial charge in [-0.3, -0.25) is 9.78 Å². The number of anilines is 1. The minimum Gasteiger partial charge on any atom is -0.496 e. The van der Waals surface area contributed by atoms with Crippen LogP contribution in [0.5, 0.6) is 17.2 Å². The number of carboxylic acid groups (broad SMARTS) is 1. The molecule has 11 nitrogen and oxygen atoms in total. The molecule has 1 fully saturated rings. The molecule has 4 amide bonds. The largest absolute Gasteiger partial charge is 0.496 e. The number of carbonyl (C=O) groups is 3. The Morgan fingerprint density at radius 1 is 0.930 bits per heavy atom. The van der Waals surface area contributed by atoms with Crippen LogP contribution in [0.4, 0.5) is 15.3 Å². The van der Waals surface area contributed by atoms with Gasteiger partial charge in [-0.2, -0.15) is 0 Å². The summed E-state index contributed by atoms with van der Waals surface area (Å²) in [5, 5.41) is 20.5. The van der Waals surface area contributed by atoms with E-state index in [4.69, 9.17) is 26.2 Å². The van der Waals surface area contributed by atoms with Gasteiger partial charge in [0, 0.05) is 42.8 Å². The van der Waals surface area contributed by atoms with Crippen molar-refractivity contribution in [3.05, 3.63) is 53.2 Å². The molecule has 0 spiro atoms. The number of aromatic nitrogens is 1. The maximum Gasteiger partial charge on any atom is 0.404 e. The third kappa shape index (κ3) is 9.92. The summed E-state index contributed by atoms with van der Waals surface area (Å²) in [6.45, 7) is 1.03. The molecule has 0 atom stereocenters. The summed E-state index contributed by atoms with van der Waals surface area (Å²) in [7, 11) is 1.51. The summed E-state index contributed by atoms with van der Waals surface area (Å²) in [4.78, 5) is 40.0. The van der Waals surface area contributed by atoms with Crippen LogP contribution >= 0.6 is 11.6 Å². The summed E-state index contributed by atoms with van der Waals surface area (Å²) in [5.41, 5.74) is 1.45. The number of urea groups is 1. The van der Waals surface area contributed by atoms with Crippen LogP contribution in [0.25, 0.3) is 10.9 Å². The van der Waals surface area contributed by atoms with Gasteiger partial charge in [0.2, 0.25) is 0 Å². The van der Waals surface area contributed by atoms with E-state index in [1.807, 2.05) is 0 Å². The zero-order valence-electron chi connectivity index (χ0n) is 24.2. The molecule has 1 aromatic heterocycles. The van der Waals surface area contributed by atoms with Gasteiger partial charge in [-0.05, 0) is 49.9 Å². The second-order valence-corrected chi connectivity index (χ2v) is 10.9. The van der Waals surface area contributed by atoms with Gasteiger partial charge in [-0.15, -0.1) is 0 Å². The number of fused-ring (bicyclic) bond motifs is 1. The number of nitrogens with zero attached hydrogens (tertiary/aromatic N) is 1. The number of ether oxygens (including phenoxy) is 2. The van der Waals surface area contributed by atoms with Crippen molar-refractivity contribution >= 4 is 46.2 Å². The fraction of sp³-hybridized carbons (Fsp3) is 0.419. The highest BCUT2D eigenvalue weighted by atomic mass is 35.5. The number of methoxy groups -OCH3 is 1. The first-order valence-electron chi connectivity index (χ1n) is 14.6. The number of amides is 4. The molecule has 1 saturated carbocycles. The highest BCUT2D eigenvalue weighted by molar-refractivity contribution is 6.33. The Hall–Kier alpha value is -4.25. The second-order valence-electron chi connectivity index (χ2n) is 10.5. The lowest BCUT2D eigenvalue weighted by Crippen LogP contribution is -2.30. The molecule has 43 heavy (non-hydrogen) atoms. The molecule has 230 valence electrons. The van der Waals surface area contributed by atoms with Crippen LogP contribution in [-0.4, -0.2) is 54.4 Å². The monoisotopic (exact) mass is 611 g/mol. The zero-order valence-corrected chi connectivity index (χ0v) is 25.0. The molecule has 0 aliphatic heterocycles. The van der Waals surface area contributed by atoms with E-state index in [1.54, 1.807) is 42.6 Å². The third-order valence-corrected chi connectivity index (χ3v) is 7.32. The number of nitrogens with one attached hydrogen (secondary N) is 4. The van der Waals surface area contributed by atoms with Crippen molar-refractivity contribution in [3.8, 4) is 17.2 Å². The lowest BCUT2D eigenvalue weighted by Gasteiger charge is -2.14. The molecular weight excluding hydrogens is 574 g/mol. The average Bonchev–Trinajstić information content (AvgIpc) is 3.80. The maximum atomic E-state index is 13.1. The number of benzene rings is 2. The van der Waals surface area contributed by atoms with Crippen LogP contribution in [0.15, 0.2) is 42.6 Å². The van der Waals surface area contributed by atoms with Crippen LogP contribution in [0.1, 0.15) is 68.1 Å². The SMILES string of the molecule is COc1cc2nccc(Oc3ccc(NC(=O)NC4CC4)c(Cl)c3)c2cc1C(=O)NCCCCCCCCCNC(=O)O. The van der Waals surface area contributed by atoms with Gasteiger partial charge in [-0.25, -0.2) is 9.59 Å². The van der Waals surface area contributed by atoms with Crippen LogP contribution in [0, 0.1) is 0 Å². The van der Waals surface area contributed by atoms with Crippen LogP contribution in [-0.2, 0) is 0 Å². The topological polar surface area (TPSA) is 151 Å². The molecule has 1 aliphatic rings. The number of pyridine rings is 1. The number of unbranched alkanes of at least 4 members (excludes halogenated alkanes) is 6. The third-order valence-electron chi connectivity index (χ3n) is 7.01. The Bertz CT molecular complexity index is 1430. The molecule has 0 bridgehead atoms. The first kappa shape index (κ1) is 31.7. The van der Waals surface area contributed by atoms with Crippen molar-refractivity contribution in [2.75, 3.05) is 25.5 Å². The second kappa shape index (κ2) is 15.8. The quantitative estimate of drug-likeness (QED) is 0.113. The summed E-state index contributed by atoms with van der Waals surface area (Å²) in [6, 6.07) is 10.1. The van der Waals surface area contributed by atoms with Crippen molar-refractivity contribution in [1.82, 2.24) is 20.9 Å². The van der Waals surface area contributed by atoms with Gasteiger partial charge >= 0.3 is 12.1 Å². The smallest absolute Gasteiger partial charge is 0.404 e. The molecule has 1 heterocycles. The number of hydrogen-bond donors (Lipinski definition) is 5. The molecule has 0 radical (unpaired) electrons. The Kier molecular flexibility index (Phi) is 11.7. The molecule has 4 rings (SSSR count). The highest BCUT2D eigenvalue weighted by Gasteiger charge is 2.23. The van der Waals surface area contributed by atoms with Crippen molar-refractivity contribution in [2.24, 2.45) is 0 Å². The van der Waals surface area contributed by atoms with Crippen molar-refractivity contribution < 1.29 is 29.0 Å². The molecule has 12 heteroatoms. The van der Waals surface area contributed by atoms with Crippen molar-refractivity contribution in [1.29, 1.82) is 0 Å². The number of hydrogen-bond acceptors (Lipinski definition) is 6. The normalized spacial score (nSPS) is 12.4. The van der Waals surface area contributed by atoms with E-state index in [0.717, 1.165) is 57.8 Å². The molecule has 0 saturated heterocycles. The zero-order chi connectivity index (χ0) is 30.6. The van der Waals surface area contributed by atoms with Gasteiger partial charge in [0.25, 0.3) is 5.91 Å². The van der Waals surface area contributed by atoms with Crippen LogP contribution in [0.2, 0.25) is 5.02 Å². The van der Waals surface area contributed by atoms with E-state index in [0.29, 0.717) is 57.5 Å². The van der Waals surface area contributed by atoms with E-state index in [-0.39, 0.29) is 18.0 Å². The summed E-state index contributed by atoms with van der Waals surface area (Å²) >= 11 is 6.42. The van der Waals surface area contributed by atoms with Gasteiger partial charge in [0.15, 0.2) is 0 Å². The molecule has 0 unspecified atom stereocenters. The minimum absolute atomic E-state index is 0.232. The Balaban J connectivity index is 1.32. The van der Waals surface area contributed by atoms with Crippen molar-refractivity contribution in [3.63, 3.8) is 0 Å². The van der Waals surface area contributed by atoms with E-state index >= 15 is 0 Å². The Morgan fingerprint density at radius 2 is 1.63 bits per heavy atom. The summed E-state index contributed by atoms with van der Waals surface area (Å²) < 4.78 is 11.6. The van der Waals surface area contributed by atoms with Gasteiger partial charge in [0.1, 0.15) is 17.2 Å². The van der Waals surface area contributed by atoms with Crippen LogP contribution in [0.3, 0.4) is 0 Å². The summed E-state index contributed by atoms with van der Waals surface area (Å²) in [6.07, 6.45) is 9.49. The van der Waals surface area contributed by atoms with E-state index < -0.39 is 6.09 Å². The number of halogens is 1. The van der Waals surface area contributed by atoms with E-state index in [2.05, 4.69) is 26.3 Å². The van der Waals surface area contributed by atoms with Gasteiger partial charge in [0.05, 0.1) is 28.9 Å². The average molecular weight is 612 g/mol. The van der Waals surface area contributed by atoms with E-state index in [1.165, 1.54) is 7.11 Å². The highest BCUT2D eigenvalue weighted by Crippen LogP contribution is 2.35. The predicted molar refractivity (Wildman–Crippen MR) is 166 cm³/mol. The predicted octanol–water partition coefficient (Wildman–Crippen LogP) is 6.70. The standard InChI is InChI=1S/C31H38ClN5O6/c1-42-28-19-26-22(18-23(28)29(38)34-14-7-5-3-2-4-6-8-15-35-31(40)41)27(13-16-33-26)43-21-11-12-25(24(32)17-21)37-30(39)36-20-9-10-20/h11-13,16-20,35H,2-10,14-15H2,1H3,(H,34,38)(H,40,41)(H2,36,37,39). The first-order valence-corrected chi connectivity index (χ1v) is 15.0. The molecule has 3 aromatic rings.